The van der Waals surface area contributed by atoms with Crippen LogP contribution >= 0.6 is 0 Å². The lowest BCUT2D eigenvalue weighted by atomic mass is 9.88. The van der Waals surface area contributed by atoms with E-state index in [4.69, 9.17) is 0 Å². The molecule has 24 heavy (non-hydrogen) atoms. The number of likely N-dealkylation sites (tertiary alicyclic amines) is 1. The summed E-state index contributed by atoms with van der Waals surface area (Å²) >= 11 is 0. The Morgan fingerprint density at radius 1 is 1.33 bits per heavy atom. The smallest absolute Gasteiger partial charge is 0.234 e. The van der Waals surface area contributed by atoms with Crippen LogP contribution in [-0.4, -0.2) is 40.2 Å². The van der Waals surface area contributed by atoms with Crippen molar-refractivity contribution in [3.8, 4) is 0 Å². The van der Waals surface area contributed by atoms with Gasteiger partial charge in [-0.3, -0.25) is 14.4 Å². The summed E-state index contributed by atoms with van der Waals surface area (Å²) in [7, 11) is 0. The molecule has 0 bridgehead atoms. The van der Waals surface area contributed by atoms with Crippen LogP contribution in [0.5, 0.6) is 0 Å². The van der Waals surface area contributed by atoms with E-state index < -0.39 is 0 Å². The minimum atomic E-state index is 0.131. The molecule has 126 valence electrons. The summed E-state index contributed by atoms with van der Waals surface area (Å²) < 4.78 is 2.01. The van der Waals surface area contributed by atoms with Gasteiger partial charge in [0.15, 0.2) is 0 Å². The molecular weight excluding hydrogens is 300 g/mol. The molecule has 0 spiro atoms. The second-order valence-electron chi connectivity index (χ2n) is 7.06. The van der Waals surface area contributed by atoms with E-state index in [-0.39, 0.29) is 11.9 Å². The van der Waals surface area contributed by atoms with Crippen molar-refractivity contribution >= 4 is 5.91 Å². The van der Waals surface area contributed by atoms with Crippen molar-refractivity contribution in [3.05, 3.63) is 53.3 Å². The van der Waals surface area contributed by atoms with E-state index in [0.717, 1.165) is 32.4 Å². The SMILES string of the molecule is Cc1cnn(C2CN(CC(=O)NC3CCCc4ccccc43)C2)c1. The number of nitrogens with zero attached hydrogens (tertiary/aromatic N) is 3. The van der Waals surface area contributed by atoms with Gasteiger partial charge in [-0.2, -0.15) is 5.10 Å². The van der Waals surface area contributed by atoms with Crippen molar-refractivity contribution in [2.45, 2.75) is 38.3 Å². The zero-order valence-electron chi connectivity index (χ0n) is 14.1. The maximum atomic E-state index is 12.4. The molecule has 2 aromatic rings. The van der Waals surface area contributed by atoms with Gasteiger partial charge in [-0.05, 0) is 42.9 Å². The zero-order chi connectivity index (χ0) is 16.5. The molecule has 5 heteroatoms. The van der Waals surface area contributed by atoms with E-state index in [1.54, 1.807) is 0 Å². The van der Waals surface area contributed by atoms with Crippen LogP contribution in [0.25, 0.3) is 0 Å². The first kappa shape index (κ1) is 15.4. The van der Waals surface area contributed by atoms with Crippen LogP contribution in [0.3, 0.4) is 0 Å². The number of aromatic nitrogens is 2. The molecule has 5 nitrogen and oxygen atoms in total. The Morgan fingerprint density at radius 2 is 2.17 bits per heavy atom. The number of nitrogens with one attached hydrogen (secondary N) is 1. The number of fused-ring (bicyclic) bond motifs is 1. The summed E-state index contributed by atoms with van der Waals surface area (Å²) in [6.07, 6.45) is 7.26. The Morgan fingerprint density at radius 3 is 2.96 bits per heavy atom. The molecule has 1 aliphatic heterocycles. The van der Waals surface area contributed by atoms with Gasteiger partial charge >= 0.3 is 0 Å². The van der Waals surface area contributed by atoms with Crippen molar-refractivity contribution in [2.24, 2.45) is 0 Å². The van der Waals surface area contributed by atoms with Crippen LogP contribution in [0.4, 0.5) is 0 Å². The highest BCUT2D eigenvalue weighted by Gasteiger charge is 2.30. The van der Waals surface area contributed by atoms with E-state index in [2.05, 4.69) is 52.7 Å². The fourth-order valence-corrected chi connectivity index (χ4v) is 3.82. The Bertz CT molecular complexity index is 732. The van der Waals surface area contributed by atoms with E-state index in [1.165, 1.54) is 16.7 Å². The lowest BCUT2D eigenvalue weighted by molar-refractivity contribution is -0.124. The zero-order valence-corrected chi connectivity index (χ0v) is 14.1. The highest BCUT2D eigenvalue weighted by Crippen LogP contribution is 2.29. The minimum Gasteiger partial charge on any atom is -0.348 e. The number of amides is 1. The topological polar surface area (TPSA) is 50.2 Å². The van der Waals surface area contributed by atoms with Crippen molar-refractivity contribution < 1.29 is 4.79 Å². The van der Waals surface area contributed by atoms with Crippen molar-refractivity contribution in [3.63, 3.8) is 0 Å². The third-order valence-electron chi connectivity index (χ3n) is 5.11. The van der Waals surface area contributed by atoms with Gasteiger partial charge in [-0.25, -0.2) is 0 Å². The monoisotopic (exact) mass is 324 g/mol. The van der Waals surface area contributed by atoms with Gasteiger partial charge in [0.05, 0.1) is 24.8 Å². The van der Waals surface area contributed by atoms with Crippen LogP contribution < -0.4 is 5.32 Å². The molecule has 1 atom stereocenters. The van der Waals surface area contributed by atoms with Gasteiger partial charge in [0.25, 0.3) is 0 Å². The summed E-state index contributed by atoms with van der Waals surface area (Å²) in [5, 5.41) is 7.59. The lowest BCUT2D eigenvalue weighted by Crippen LogP contribution is -2.52. The molecule has 1 aromatic carbocycles. The van der Waals surface area contributed by atoms with Gasteiger partial charge < -0.3 is 5.32 Å². The predicted octanol–water partition coefficient (Wildman–Crippen LogP) is 2.24. The third kappa shape index (κ3) is 3.08. The predicted molar refractivity (Wildman–Crippen MR) is 92.7 cm³/mol. The Labute approximate surface area is 142 Å². The third-order valence-corrected chi connectivity index (χ3v) is 5.11. The molecule has 1 fully saturated rings. The largest absolute Gasteiger partial charge is 0.348 e. The fourth-order valence-electron chi connectivity index (χ4n) is 3.82. The standard InChI is InChI=1S/C19H24N4O/c1-14-9-20-23(10-14)16-11-22(12-16)13-19(24)21-18-8-4-6-15-5-2-3-7-17(15)18/h2-3,5,7,9-10,16,18H,4,6,8,11-13H2,1H3,(H,21,24). The Kier molecular flexibility index (Phi) is 4.10. The van der Waals surface area contributed by atoms with Gasteiger partial charge in [0.2, 0.25) is 5.91 Å². The second-order valence-corrected chi connectivity index (χ2v) is 7.06. The van der Waals surface area contributed by atoms with E-state index >= 15 is 0 Å². The van der Waals surface area contributed by atoms with E-state index in [9.17, 15) is 4.79 Å². The Balaban J connectivity index is 1.29. The number of carbonyl (C=O) groups excluding carboxylic acids is 1. The minimum absolute atomic E-state index is 0.131. The van der Waals surface area contributed by atoms with Crippen LogP contribution in [0.2, 0.25) is 0 Å². The van der Waals surface area contributed by atoms with Gasteiger partial charge in [-0.1, -0.05) is 24.3 Å². The highest BCUT2D eigenvalue weighted by atomic mass is 16.2. The van der Waals surface area contributed by atoms with Crippen LogP contribution in [0.15, 0.2) is 36.7 Å². The molecule has 1 saturated heterocycles. The summed E-state index contributed by atoms with van der Waals surface area (Å²) in [6, 6.07) is 9.06. The normalized spacial score (nSPS) is 21.1. The first-order valence-corrected chi connectivity index (χ1v) is 8.79. The summed E-state index contributed by atoms with van der Waals surface area (Å²) in [4.78, 5) is 14.6. The summed E-state index contributed by atoms with van der Waals surface area (Å²) in [5.41, 5.74) is 3.86. The van der Waals surface area contributed by atoms with Crippen LogP contribution in [-0.2, 0) is 11.2 Å². The number of aryl methyl sites for hydroxylation is 2. The van der Waals surface area contributed by atoms with Crippen molar-refractivity contribution in [1.29, 1.82) is 0 Å². The average molecular weight is 324 g/mol. The van der Waals surface area contributed by atoms with Crippen molar-refractivity contribution in [1.82, 2.24) is 20.0 Å². The fraction of sp³-hybridized carbons (Fsp3) is 0.474. The molecule has 1 amide bonds. The number of hydrogen-bond acceptors (Lipinski definition) is 3. The average Bonchev–Trinajstić information content (AvgIpc) is 2.97. The highest BCUT2D eigenvalue weighted by molar-refractivity contribution is 5.78. The maximum absolute atomic E-state index is 12.4. The molecule has 0 saturated carbocycles. The van der Waals surface area contributed by atoms with Gasteiger partial charge in [-0.15, -0.1) is 0 Å². The first-order chi connectivity index (χ1) is 11.7. The Hall–Kier alpha value is -2.14. The molecule has 1 aliphatic carbocycles. The lowest BCUT2D eigenvalue weighted by Gasteiger charge is -2.39. The van der Waals surface area contributed by atoms with E-state index in [0.29, 0.717) is 12.6 Å². The molecule has 2 heterocycles. The quantitative estimate of drug-likeness (QED) is 0.938. The molecule has 1 unspecified atom stereocenters. The van der Waals surface area contributed by atoms with Crippen LogP contribution in [0.1, 0.15) is 41.6 Å². The van der Waals surface area contributed by atoms with Gasteiger partial charge in [0, 0.05) is 19.3 Å². The molecular formula is C19H24N4O. The van der Waals surface area contributed by atoms with Gasteiger partial charge in [0.1, 0.15) is 0 Å². The summed E-state index contributed by atoms with van der Waals surface area (Å²) in [6.45, 7) is 4.33. The first-order valence-electron chi connectivity index (χ1n) is 8.79. The second kappa shape index (κ2) is 6.40. The maximum Gasteiger partial charge on any atom is 0.234 e. The number of rotatable bonds is 4. The number of hydrogen-bond donors (Lipinski definition) is 1. The van der Waals surface area contributed by atoms with Crippen LogP contribution in [0, 0.1) is 6.92 Å². The molecule has 0 radical (unpaired) electrons. The molecule has 1 N–H and O–H groups in total. The molecule has 4 rings (SSSR count). The number of carbonyl (C=O) groups is 1. The van der Waals surface area contributed by atoms with E-state index in [1.807, 2.05) is 10.9 Å². The number of benzene rings is 1. The molecule has 2 aliphatic rings. The van der Waals surface area contributed by atoms with Crippen molar-refractivity contribution in [2.75, 3.05) is 19.6 Å². The molecule has 1 aromatic heterocycles. The summed E-state index contributed by atoms with van der Waals surface area (Å²) in [5.74, 6) is 0.131.